The van der Waals surface area contributed by atoms with Gasteiger partial charge < -0.3 is 10.6 Å². The molecule has 0 aliphatic rings. The Bertz CT molecular complexity index is 401. The van der Waals surface area contributed by atoms with Gasteiger partial charge in [0.25, 0.3) is 0 Å². The Hall–Kier alpha value is -1.10. The number of rotatable bonds is 3. The molecule has 0 fully saturated rings. The van der Waals surface area contributed by atoms with E-state index in [1.807, 2.05) is 0 Å². The van der Waals surface area contributed by atoms with E-state index in [1.165, 1.54) is 5.01 Å². The molecule has 2 N–H and O–H groups in total. The summed E-state index contributed by atoms with van der Waals surface area (Å²) >= 11 is 1.72. The molecule has 0 radical (unpaired) electrons. The molecular weight excluding hydrogens is 244 g/mol. The molecular formula is C13H24N4S. The minimum absolute atomic E-state index is 0.126. The van der Waals surface area contributed by atoms with Crippen molar-refractivity contribution >= 4 is 17.3 Å². The van der Waals surface area contributed by atoms with E-state index in [9.17, 15) is 0 Å². The molecule has 0 spiro atoms. The summed E-state index contributed by atoms with van der Waals surface area (Å²) in [6.45, 7) is 11.4. The molecule has 0 atom stereocenters. The highest BCUT2D eigenvalue weighted by molar-refractivity contribution is 7.09. The highest BCUT2D eigenvalue weighted by Crippen LogP contribution is 2.25. The molecule has 0 amide bonds. The van der Waals surface area contributed by atoms with Crippen molar-refractivity contribution in [2.45, 2.75) is 52.6 Å². The fraction of sp³-hybridized carbons (Fsp3) is 0.692. The van der Waals surface area contributed by atoms with Gasteiger partial charge in [0.2, 0.25) is 0 Å². The quantitative estimate of drug-likeness (QED) is 0.654. The number of thiazole rings is 1. The lowest BCUT2D eigenvalue weighted by Crippen LogP contribution is -2.40. The second-order valence-electron chi connectivity index (χ2n) is 5.62. The van der Waals surface area contributed by atoms with E-state index in [2.05, 4.69) is 60.6 Å². The van der Waals surface area contributed by atoms with Crippen LogP contribution < -0.4 is 10.6 Å². The summed E-state index contributed by atoms with van der Waals surface area (Å²) in [6, 6.07) is 0.372. The van der Waals surface area contributed by atoms with Crippen LogP contribution in [0.1, 0.15) is 45.3 Å². The lowest BCUT2D eigenvalue weighted by molar-refractivity contribution is 0.582. The third-order valence-corrected chi connectivity index (χ3v) is 3.60. The fourth-order valence-electron chi connectivity index (χ4n) is 1.38. The van der Waals surface area contributed by atoms with Crippen molar-refractivity contribution in [3.05, 3.63) is 16.1 Å². The van der Waals surface area contributed by atoms with E-state index in [4.69, 9.17) is 0 Å². The summed E-state index contributed by atoms with van der Waals surface area (Å²) in [7, 11) is 1.78. The summed E-state index contributed by atoms with van der Waals surface area (Å²) in [5.41, 5.74) is 1.19. The van der Waals surface area contributed by atoms with Crippen molar-refractivity contribution in [2.24, 2.45) is 4.99 Å². The van der Waals surface area contributed by atoms with Gasteiger partial charge in [-0.1, -0.05) is 20.8 Å². The van der Waals surface area contributed by atoms with Crippen LogP contribution in [0.4, 0.5) is 0 Å². The molecule has 102 valence electrons. The lowest BCUT2D eigenvalue weighted by atomic mass is 9.98. The van der Waals surface area contributed by atoms with Gasteiger partial charge in [0.15, 0.2) is 5.96 Å². The van der Waals surface area contributed by atoms with Gasteiger partial charge >= 0.3 is 0 Å². The average Bonchev–Trinajstić information content (AvgIpc) is 2.71. The molecule has 0 aliphatic heterocycles. The van der Waals surface area contributed by atoms with Crippen molar-refractivity contribution < 1.29 is 0 Å². The van der Waals surface area contributed by atoms with Crippen molar-refractivity contribution in [3.63, 3.8) is 0 Å². The van der Waals surface area contributed by atoms with Crippen LogP contribution in [0.3, 0.4) is 0 Å². The number of nitrogens with one attached hydrogen (secondary N) is 2. The highest BCUT2D eigenvalue weighted by atomic mass is 32.1. The normalized spacial score (nSPS) is 12.9. The number of hydrogen-bond donors (Lipinski definition) is 2. The number of nitrogens with zero attached hydrogens (tertiary/aromatic N) is 2. The van der Waals surface area contributed by atoms with Crippen LogP contribution in [0.2, 0.25) is 0 Å². The Morgan fingerprint density at radius 2 is 2.11 bits per heavy atom. The smallest absolute Gasteiger partial charge is 0.191 e. The van der Waals surface area contributed by atoms with Crippen LogP contribution in [0.5, 0.6) is 0 Å². The lowest BCUT2D eigenvalue weighted by Gasteiger charge is -2.14. The van der Waals surface area contributed by atoms with Crippen molar-refractivity contribution in [2.75, 3.05) is 7.05 Å². The number of hydrogen-bond acceptors (Lipinski definition) is 3. The molecule has 1 rings (SSSR count). The SMILES string of the molecule is CN=C(NCc1csc(C(C)(C)C)n1)NC(C)C. The Morgan fingerprint density at radius 1 is 1.44 bits per heavy atom. The molecule has 18 heavy (non-hydrogen) atoms. The molecule has 0 bridgehead atoms. The minimum Gasteiger partial charge on any atom is -0.354 e. The zero-order valence-electron chi connectivity index (χ0n) is 12.2. The van der Waals surface area contributed by atoms with Gasteiger partial charge in [0.1, 0.15) is 0 Å². The Labute approximate surface area is 114 Å². The molecule has 0 aliphatic carbocycles. The standard InChI is InChI=1S/C13H24N4S/c1-9(2)16-12(14-6)15-7-10-8-18-11(17-10)13(3,4)5/h8-9H,7H2,1-6H3,(H2,14,15,16). The second-order valence-corrected chi connectivity index (χ2v) is 6.48. The van der Waals surface area contributed by atoms with E-state index in [1.54, 1.807) is 18.4 Å². The minimum atomic E-state index is 0.126. The predicted molar refractivity (Wildman–Crippen MR) is 79.3 cm³/mol. The van der Waals surface area contributed by atoms with E-state index < -0.39 is 0 Å². The molecule has 1 aromatic heterocycles. The van der Waals surface area contributed by atoms with Crippen LogP contribution in [-0.2, 0) is 12.0 Å². The zero-order valence-corrected chi connectivity index (χ0v) is 13.0. The average molecular weight is 268 g/mol. The van der Waals surface area contributed by atoms with Crippen molar-refractivity contribution in [1.29, 1.82) is 0 Å². The first kappa shape index (κ1) is 15.0. The van der Waals surface area contributed by atoms with Gasteiger partial charge in [-0.25, -0.2) is 4.98 Å². The topological polar surface area (TPSA) is 49.3 Å². The highest BCUT2D eigenvalue weighted by Gasteiger charge is 2.17. The monoisotopic (exact) mass is 268 g/mol. The van der Waals surface area contributed by atoms with Crippen molar-refractivity contribution in [3.8, 4) is 0 Å². The first-order chi connectivity index (χ1) is 8.32. The third kappa shape index (κ3) is 4.64. The molecule has 0 aromatic carbocycles. The molecule has 5 heteroatoms. The molecule has 1 aromatic rings. The van der Waals surface area contributed by atoms with Gasteiger partial charge in [-0.05, 0) is 13.8 Å². The van der Waals surface area contributed by atoms with Gasteiger partial charge in [-0.2, -0.15) is 0 Å². The summed E-state index contributed by atoms with van der Waals surface area (Å²) < 4.78 is 0. The molecule has 0 unspecified atom stereocenters. The Balaban J connectivity index is 2.56. The molecule has 0 saturated heterocycles. The third-order valence-electron chi connectivity index (χ3n) is 2.28. The number of aromatic nitrogens is 1. The first-order valence-electron chi connectivity index (χ1n) is 6.25. The summed E-state index contributed by atoms with van der Waals surface area (Å²) in [6.07, 6.45) is 0. The largest absolute Gasteiger partial charge is 0.354 e. The maximum absolute atomic E-state index is 4.64. The van der Waals surface area contributed by atoms with Gasteiger partial charge in [0.05, 0.1) is 17.2 Å². The number of aliphatic imine (C=N–C) groups is 1. The summed E-state index contributed by atoms with van der Waals surface area (Å²) in [4.78, 5) is 8.81. The van der Waals surface area contributed by atoms with Crippen LogP contribution >= 0.6 is 11.3 Å². The van der Waals surface area contributed by atoms with E-state index >= 15 is 0 Å². The maximum Gasteiger partial charge on any atom is 0.191 e. The number of guanidine groups is 1. The maximum atomic E-state index is 4.64. The van der Waals surface area contributed by atoms with Crippen molar-refractivity contribution in [1.82, 2.24) is 15.6 Å². The van der Waals surface area contributed by atoms with Gasteiger partial charge in [0, 0.05) is 23.9 Å². The second kappa shape index (κ2) is 6.18. The summed E-state index contributed by atoms with van der Waals surface area (Å²) in [5.74, 6) is 0.815. The van der Waals surface area contributed by atoms with Crippen LogP contribution in [0.15, 0.2) is 10.4 Å². The Morgan fingerprint density at radius 3 is 2.56 bits per heavy atom. The van der Waals surface area contributed by atoms with Crippen LogP contribution in [-0.4, -0.2) is 24.0 Å². The summed E-state index contributed by atoms with van der Waals surface area (Å²) in [5, 5.41) is 9.80. The molecule has 4 nitrogen and oxygen atoms in total. The predicted octanol–water partition coefficient (Wildman–Crippen LogP) is 2.51. The fourth-order valence-corrected chi connectivity index (χ4v) is 2.28. The molecule has 1 heterocycles. The molecule has 0 saturated carbocycles. The van der Waals surface area contributed by atoms with E-state index in [-0.39, 0.29) is 5.41 Å². The van der Waals surface area contributed by atoms with E-state index in [0.717, 1.165) is 11.7 Å². The first-order valence-corrected chi connectivity index (χ1v) is 7.13. The van der Waals surface area contributed by atoms with Gasteiger partial charge in [-0.15, -0.1) is 11.3 Å². The van der Waals surface area contributed by atoms with Crippen LogP contribution in [0, 0.1) is 0 Å². The van der Waals surface area contributed by atoms with Crippen LogP contribution in [0.25, 0.3) is 0 Å². The van der Waals surface area contributed by atoms with E-state index in [0.29, 0.717) is 12.6 Å². The zero-order chi connectivity index (χ0) is 13.8. The van der Waals surface area contributed by atoms with Gasteiger partial charge in [-0.3, -0.25) is 4.99 Å². The Kier molecular flexibility index (Phi) is 5.14.